The zero-order chi connectivity index (χ0) is 14.4. The molecule has 1 rings (SSSR count). The smallest absolute Gasteiger partial charge is 0.336 e. The van der Waals surface area contributed by atoms with Gasteiger partial charge in [0.05, 0.1) is 5.56 Å². The number of benzene rings is 1. The first-order valence-electron chi connectivity index (χ1n) is 6.27. The first-order chi connectivity index (χ1) is 8.90. The van der Waals surface area contributed by atoms with E-state index in [-0.39, 0.29) is 11.5 Å². The number of carbonyl (C=O) groups is 2. The fourth-order valence-electron chi connectivity index (χ4n) is 1.63. The van der Waals surface area contributed by atoms with Crippen molar-refractivity contribution in [2.45, 2.75) is 33.2 Å². The minimum Gasteiger partial charge on any atom is -0.478 e. The predicted octanol–water partition coefficient (Wildman–Crippen LogP) is 2.02. The van der Waals surface area contributed by atoms with Crippen LogP contribution >= 0.6 is 0 Å². The summed E-state index contributed by atoms with van der Waals surface area (Å²) in [6.07, 6.45) is 0.356. The lowest BCUT2D eigenvalue weighted by molar-refractivity contribution is -0.116. The first-order valence-corrected chi connectivity index (χ1v) is 6.27. The van der Waals surface area contributed by atoms with Gasteiger partial charge >= 0.3 is 5.97 Å². The van der Waals surface area contributed by atoms with E-state index in [0.29, 0.717) is 30.3 Å². The number of hydrogen-bond donors (Lipinski definition) is 3. The van der Waals surface area contributed by atoms with Gasteiger partial charge in [-0.2, -0.15) is 0 Å². The molecule has 0 bridgehead atoms. The molecule has 0 unspecified atom stereocenters. The summed E-state index contributed by atoms with van der Waals surface area (Å²) in [6.45, 7) is 6.34. The molecule has 0 heterocycles. The van der Waals surface area contributed by atoms with Crippen molar-refractivity contribution in [1.29, 1.82) is 0 Å². The molecular formula is C14H20N2O3. The Morgan fingerprint density at radius 3 is 2.58 bits per heavy atom. The van der Waals surface area contributed by atoms with Crippen LogP contribution < -0.4 is 10.6 Å². The van der Waals surface area contributed by atoms with Gasteiger partial charge in [-0.15, -0.1) is 0 Å². The molecule has 0 radical (unpaired) electrons. The molecule has 5 heteroatoms. The topological polar surface area (TPSA) is 78.4 Å². The molecule has 19 heavy (non-hydrogen) atoms. The van der Waals surface area contributed by atoms with Crippen LogP contribution in [0.2, 0.25) is 0 Å². The minimum absolute atomic E-state index is 0.131. The lowest BCUT2D eigenvalue weighted by atomic mass is 10.1. The van der Waals surface area contributed by atoms with Crippen molar-refractivity contribution in [1.82, 2.24) is 5.32 Å². The number of aryl methyl sites for hydroxylation is 1. The number of carboxylic acids is 1. The van der Waals surface area contributed by atoms with Gasteiger partial charge in [-0.25, -0.2) is 4.79 Å². The largest absolute Gasteiger partial charge is 0.478 e. The highest BCUT2D eigenvalue weighted by molar-refractivity contribution is 5.94. The van der Waals surface area contributed by atoms with Crippen molar-refractivity contribution in [3.05, 3.63) is 29.3 Å². The maximum atomic E-state index is 11.7. The molecule has 0 aliphatic rings. The van der Waals surface area contributed by atoms with E-state index < -0.39 is 5.97 Å². The van der Waals surface area contributed by atoms with Crippen LogP contribution in [0.5, 0.6) is 0 Å². The number of rotatable bonds is 6. The third-order valence-corrected chi connectivity index (χ3v) is 2.66. The van der Waals surface area contributed by atoms with E-state index in [4.69, 9.17) is 5.11 Å². The predicted molar refractivity (Wildman–Crippen MR) is 74.5 cm³/mol. The lowest BCUT2D eigenvalue weighted by Crippen LogP contribution is -2.27. The maximum absolute atomic E-state index is 11.7. The van der Waals surface area contributed by atoms with Crippen molar-refractivity contribution in [2.75, 3.05) is 11.9 Å². The fraction of sp³-hybridized carbons (Fsp3) is 0.429. The normalized spacial score (nSPS) is 10.5. The Kier molecular flexibility index (Phi) is 5.51. The summed E-state index contributed by atoms with van der Waals surface area (Å²) < 4.78 is 0. The van der Waals surface area contributed by atoms with Crippen LogP contribution in [-0.4, -0.2) is 29.6 Å². The van der Waals surface area contributed by atoms with Crippen LogP contribution in [0.1, 0.15) is 36.2 Å². The third-order valence-electron chi connectivity index (χ3n) is 2.66. The summed E-state index contributed by atoms with van der Waals surface area (Å²) in [4.78, 5) is 22.6. The minimum atomic E-state index is -0.991. The summed E-state index contributed by atoms with van der Waals surface area (Å²) in [5.41, 5.74) is 1.39. The summed E-state index contributed by atoms with van der Waals surface area (Å²) in [6, 6.07) is 5.21. The molecule has 0 aliphatic heterocycles. The van der Waals surface area contributed by atoms with E-state index in [2.05, 4.69) is 10.6 Å². The number of amides is 1. The number of hydrogen-bond acceptors (Lipinski definition) is 3. The van der Waals surface area contributed by atoms with Gasteiger partial charge in [-0.1, -0.05) is 19.9 Å². The molecule has 0 saturated heterocycles. The first kappa shape index (κ1) is 15.2. The summed E-state index contributed by atoms with van der Waals surface area (Å²) in [5, 5.41) is 14.8. The van der Waals surface area contributed by atoms with Gasteiger partial charge in [0.25, 0.3) is 0 Å². The molecule has 3 N–H and O–H groups in total. The monoisotopic (exact) mass is 264 g/mol. The standard InChI is InChI=1S/C14H20N2O3/c1-9(2)15-7-6-13(17)16-11-5-4-10(3)12(8-11)14(18)19/h4-5,8-9,15H,6-7H2,1-3H3,(H,16,17)(H,18,19). The molecule has 1 amide bonds. The zero-order valence-corrected chi connectivity index (χ0v) is 11.5. The molecule has 5 nitrogen and oxygen atoms in total. The Labute approximate surface area is 113 Å². The molecule has 0 aromatic heterocycles. The number of aromatic carboxylic acids is 1. The highest BCUT2D eigenvalue weighted by atomic mass is 16.4. The van der Waals surface area contributed by atoms with E-state index in [9.17, 15) is 9.59 Å². The second-order valence-corrected chi connectivity index (χ2v) is 4.74. The second-order valence-electron chi connectivity index (χ2n) is 4.74. The summed E-state index contributed by atoms with van der Waals surface area (Å²) >= 11 is 0. The maximum Gasteiger partial charge on any atom is 0.336 e. The molecule has 0 saturated carbocycles. The molecule has 0 aliphatic carbocycles. The Morgan fingerprint density at radius 2 is 2.00 bits per heavy atom. The zero-order valence-electron chi connectivity index (χ0n) is 11.5. The summed E-state index contributed by atoms with van der Waals surface area (Å²) in [7, 11) is 0. The van der Waals surface area contributed by atoms with Gasteiger partial charge in [0.15, 0.2) is 0 Å². The van der Waals surface area contributed by atoms with Crippen molar-refractivity contribution in [3.8, 4) is 0 Å². The SMILES string of the molecule is Cc1ccc(NC(=O)CCNC(C)C)cc1C(=O)O. The Bertz CT molecular complexity index is 470. The van der Waals surface area contributed by atoms with Crippen LogP contribution in [0, 0.1) is 6.92 Å². The van der Waals surface area contributed by atoms with Crippen molar-refractivity contribution in [2.24, 2.45) is 0 Å². The van der Waals surface area contributed by atoms with Gasteiger partial charge in [0, 0.05) is 24.7 Å². The highest BCUT2D eigenvalue weighted by Crippen LogP contribution is 2.15. The molecule has 1 aromatic rings. The van der Waals surface area contributed by atoms with Crippen LogP contribution in [-0.2, 0) is 4.79 Å². The molecule has 104 valence electrons. The quantitative estimate of drug-likeness (QED) is 0.734. The Balaban J connectivity index is 2.60. The average Bonchev–Trinajstić information content (AvgIpc) is 2.30. The summed E-state index contributed by atoms with van der Waals surface area (Å²) in [5.74, 6) is -1.12. The number of nitrogens with one attached hydrogen (secondary N) is 2. The Hall–Kier alpha value is -1.88. The van der Waals surface area contributed by atoms with E-state index >= 15 is 0 Å². The van der Waals surface area contributed by atoms with Crippen LogP contribution in [0.3, 0.4) is 0 Å². The van der Waals surface area contributed by atoms with Crippen molar-refractivity contribution < 1.29 is 14.7 Å². The van der Waals surface area contributed by atoms with E-state index in [0.717, 1.165) is 0 Å². The van der Waals surface area contributed by atoms with E-state index in [1.165, 1.54) is 6.07 Å². The van der Waals surface area contributed by atoms with Crippen LogP contribution in [0.25, 0.3) is 0 Å². The number of carbonyl (C=O) groups excluding carboxylic acids is 1. The third kappa shape index (κ3) is 5.09. The molecule has 0 spiro atoms. The van der Waals surface area contributed by atoms with Gasteiger partial charge in [0.2, 0.25) is 5.91 Å². The van der Waals surface area contributed by atoms with E-state index in [1.807, 2.05) is 13.8 Å². The molecule has 0 fully saturated rings. The fourth-order valence-corrected chi connectivity index (χ4v) is 1.63. The Morgan fingerprint density at radius 1 is 1.32 bits per heavy atom. The van der Waals surface area contributed by atoms with Gasteiger partial charge in [0.1, 0.15) is 0 Å². The highest BCUT2D eigenvalue weighted by Gasteiger charge is 2.09. The van der Waals surface area contributed by atoms with Gasteiger partial charge in [-0.05, 0) is 24.6 Å². The van der Waals surface area contributed by atoms with Crippen molar-refractivity contribution in [3.63, 3.8) is 0 Å². The average molecular weight is 264 g/mol. The molecule has 1 aromatic carbocycles. The number of carboxylic acid groups (broad SMARTS) is 1. The van der Waals surface area contributed by atoms with Gasteiger partial charge in [-0.3, -0.25) is 4.79 Å². The second kappa shape index (κ2) is 6.89. The van der Waals surface area contributed by atoms with Gasteiger partial charge < -0.3 is 15.7 Å². The van der Waals surface area contributed by atoms with Crippen molar-refractivity contribution >= 4 is 17.6 Å². The molecule has 0 atom stereocenters. The lowest BCUT2D eigenvalue weighted by Gasteiger charge is -2.09. The van der Waals surface area contributed by atoms with Crippen LogP contribution in [0.15, 0.2) is 18.2 Å². The molecular weight excluding hydrogens is 244 g/mol. The number of anilines is 1. The van der Waals surface area contributed by atoms with Crippen LogP contribution in [0.4, 0.5) is 5.69 Å². The van der Waals surface area contributed by atoms with E-state index in [1.54, 1.807) is 19.1 Å².